The van der Waals surface area contributed by atoms with Crippen molar-refractivity contribution in [2.45, 2.75) is 19.6 Å². The molecule has 0 saturated heterocycles. The highest BCUT2D eigenvalue weighted by Gasteiger charge is 2.15. The fourth-order valence-corrected chi connectivity index (χ4v) is 1.97. The predicted octanol–water partition coefficient (Wildman–Crippen LogP) is 2.85. The fourth-order valence-electron chi connectivity index (χ4n) is 1.97. The lowest BCUT2D eigenvalue weighted by atomic mass is 10.2. The fraction of sp³-hybridized carbons (Fsp3) is 0.250. The summed E-state index contributed by atoms with van der Waals surface area (Å²) in [7, 11) is 0. The van der Waals surface area contributed by atoms with E-state index in [1.165, 1.54) is 24.5 Å². The molecule has 0 fully saturated rings. The second kappa shape index (κ2) is 9.80. The zero-order chi connectivity index (χ0) is 20.7. The van der Waals surface area contributed by atoms with Crippen molar-refractivity contribution in [2.75, 3.05) is 11.6 Å². The minimum absolute atomic E-state index is 0.0586. The number of aromatic nitrogens is 2. The molecule has 0 bridgehead atoms. The largest absolute Gasteiger partial charge is 0.457 e. The zero-order valence-corrected chi connectivity index (χ0v) is 14.2. The Morgan fingerprint density at radius 3 is 2.64 bits per heavy atom. The van der Waals surface area contributed by atoms with Crippen molar-refractivity contribution in [2.24, 2.45) is 11.6 Å². The second-order valence-corrected chi connectivity index (χ2v) is 5.31. The Morgan fingerprint density at radius 2 is 1.96 bits per heavy atom. The van der Waals surface area contributed by atoms with Crippen molar-refractivity contribution in [3.8, 4) is 6.01 Å². The van der Waals surface area contributed by atoms with Crippen LogP contribution in [0.3, 0.4) is 0 Å². The van der Waals surface area contributed by atoms with Gasteiger partial charge >= 0.3 is 12.6 Å². The van der Waals surface area contributed by atoms with E-state index in [1.54, 1.807) is 0 Å². The zero-order valence-electron chi connectivity index (χ0n) is 14.2. The van der Waals surface area contributed by atoms with Crippen LogP contribution in [-0.2, 0) is 11.3 Å². The normalized spacial score (nSPS) is 11.9. The lowest BCUT2D eigenvalue weighted by Crippen LogP contribution is -2.27. The number of ether oxygens (including phenoxy) is 2. The highest BCUT2D eigenvalue weighted by molar-refractivity contribution is 5.50. The van der Waals surface area contributed by atoms with E-state index in [9.17, 15) is 22.0 Å². The van der Waals surface area contributed by atoms with Gasteiger partial charge in [-0.05, 0) is 24.3 Å². The van der Waals surface area contributed by atoms with Crippen molar-refractivity contribution >= 4 is 5.69 Å². The molecule has 0 unspecified atom stereocenters. The van der Waals surface area contributed by atoms with Gasteiger partial charge in [-0.3, -0.25) is 5.01 Å². The van der Waals surface area contributed by atoms with E-state index in [0.29, 0.717) is 0 Å². The van der Waals surface area contributed by atoms with Gasteiger partial charge in [0.1, 0.15) is 12.4 Å². The third kappa shape index (κ3) is 6.32. The van der Waals surface area contributed by atoms with Gasteiger partial charge in [-0.2, -0.15) is 13.8 Å². The van der Waals surface area contributed by atoms with Gasteiger partial charge in [-0.1, -0.05) is 0 Å². The van der Waals surface area contributed by atoms with Crippen molar-refractivity contribution in [3.05, 3.63) is 59.4 Å². The molecule has 0 spiro atoms. The van der Waals surface area contributed by atoms with Crippen LogP contribution >= 0.6 is 0 Å². The van der Waals surface area contributed by atoms with E-state index >= 15 is 0 Å². The van der Waals surface area contributed by atoms with Crippen molar-refractivity contribution < 1.29 is 31.4 Å². The number of hydrazine groups is 1. The minimum Gasteiger partial charge on any atom is -0.457 e. The van der Waals surface area contributed by atoms with E-state index in [1.807, 2.05) is 0 Å². The molecule has 7 nitrogen and oxygen atoms in total. The molecule has 0 radical (unpaired) electrons. The summed E-state index contributed by atoms with van der Waals surface area (Å²) in [6.45, 7) is -3.61. The molecule has 0 aliphatic heterocycles. The molecule has 2 rings (SSSR count). The Hall–Kier alpha value is -2.99. The van der Waals surface area contributed by atoms with Crippen LogP contribution in [0.4, 0.5) is 27.6 Å². The molecule has 1 aromatic carbocycles. The summed E-state index contributed by atoms with van der Waals surface area (Å²) in [6.07, 6.45) is -0.547. The number of hydrogen-bond donors (Lipinski definition) is 2. The number of nitrogens with two attached hydrogens (primary N) is 2. The topological polar surface area (TPSA) is 99.5 Å². The molecule has 12 heteroatoms. The SMILES string of the molecule is N/C(=C\N(N)c1ccc(F)c(C(F)F)c1)COc1nccc(COC(F)F)n1. The molecule has 1 heterocycles. The van der Waals surface area contributed by atoms with Crippen LogP contribution in [0.5, 0.6) is 6.01 Å². The first kappa shape index (κ1) is 21.3. The molecule has 4 N–H and O–H groups in total. The lowest BCUT2D eigenvalue weighted by Gasteiger charge is -2.16. The standard InChI is InChI=1S/C16H16F5N5O2/c17-13-2-1-11(5-12(13)14(18)19)26(23)6-9(22)7-28-16-24-4-3-10(25-16)8-27-15(20)21/h1-6,14-15H,7-8,22-23H2/b9-6-. The van der Waals surface area contributed by atoms with Crippen LogP contribution in [0, 0.1) is 5.82 Å². The smallest absolute Gasteiger partial charge is 0.345 e. The lowest BCUT2D eigenvalue weighted by molar-refractivity contribution is -0.138. The quantitative estimate of drug-likeness (QED) is 0.376. The summed E-state index contributed by atoms with van der Waals surface area (Å²) in [5.74, 6) is 4.66. The van der Waals surface area contributed by atoms with Gasteiger partial charge in [0.2, 0.25) is 0 Å². The maximum atomic E-state index is 13.3. The number of halogens is 5. The molecule has 0 saturated carbocycles. The van der Waals surface area contributed by atoms with Crippen molar-refractivity contribution in [1.29, 1.82) is 0 Å². The van der Waals surface area contributed by atoms with Crippen LogP contribution in [-0.4, -0.2) is 23.2 Å². The molecule has 2 aromatic rings. The van der Waals surface area contributed by atoms with Crippen LogP contribution in [0.1, 0.15) is 17.7 Å². The van der Waals surface area contributed by atoms with Gasteiger partial charge in [-0.15, -0.1) is 0 Å². The number of rotatable bonds is 9. The molecule has 152 valence electrons. The molecular weight excluding hydrogens is 389 g/mol. The van der Waals surface area contributed by atoms with Crippen LogP contribution < -0.4 is 21.3 Å². The van der Waals surface area contributed by atoms with Gasteiger partial charge in [0.15, 0.2) is 0 Å². The highest BCUT2D eigenvalue weighted by Crippen LogP contribution is 2.26. The Bertz CT molecular complexity index is 822. The van der Waals surface area contributed by atoms with Crippen molar-refractivity contribution in [1.82, 2.24) is 9.97 Å². The first-order valence-corrected chi connectivity index (χ1v) is 7.68. The Balaban J connectivity index is 1.99. The first-order chi connectivity index (χ1) is 13.3. The third-order valence-electron chi connectivity index (χ3n) is 3.23. The van der Waals surface area contributed by atoms with Crippen molar-refractivity contribution in [3.63, 3.8) is 0 Å². The Kier molecular flexibility index (Phi) is 7.46. The number of benzene rings is 1. The number of alkyl halides is 4. The maximum Gasteiger partial charge on any atom is 0.345 e. The number of nitrogens with zero attached hydrogens (tertiary/aromatic N) is 3. The van der Waals surface area contributed by atoms with E-state index in [0.717, 1.165) is 17.1 Å². The van der Waals surface area contributed by atoms with E-state index in [-0.39, 0.29) is 29.7 Å². The van der Waals surface area contributed by atoms with Gasteiger partial charge in [0.05, 0.1) is 29.2 Å². The van der Waals surface area contributed by atoms with Crippen LogP contribution in [0.25, 0.3) is 0 Å². The molecular formula is C16H16F5N5O2. The summed E-state index contributed by atoms with van der Waals surface area (Å²) in [5.41, 5.74) is 5.23. The van der Waals surface area contributed by atoms with E-state index < -0.39 is 31.0 Å². The summed E-state index contributed by atoms with van der Waals surface area (Å²) >= 11 is 0. The molecule has 0 aliphatic carbocycles. The van der Waals surface area contributed by atoms with Crippen LogP contribution in [0.2, 0.25) is 0 Å². The Labute approximate surface area is 156 Å². The van der Waals surface area contributed by atoms with Crippen LogP contribution in [0.15, 0.2) is 42.4 Å². The van der Waals surface area contributed by atoms with E-state index in [2.05, 4.69) is 14.7 Å². The summed E-state index contributed by atoms with van der Waals surface area (Å²) in [4.78, 5) is 7.64. The average molecular weight is 405 g/mol. The summed E-state index contributed by atoms with van der Waals surface area (Å²) in [5, 5.41) is 0.914. The molecule has 1 aromatic heterocycles. The summed E-state index contributed by atoms with van der Waals surface area (Å²) < 4.78 is 72.2. The third-order valence-corrected chi connectivity index (χ3v) is 3.23. The predicted molar refractivity (Wildman–Crippen MR) is 88.6 cm³/mol. The Morgan fingerprint density at radius 1 is 1.21 bits per heavy atom. The second-order valence-electron chi connectivity index (χ2n) is 5.31. The molecule has 0 amide bonds. The van der Waals surface area contributed by atoms with E-state index in [4.69, 9.17) is 16.3 Å². The number of anilines is 1. The number of hydrogen-bond acceptors (Lipinski definition) is 7. The summed E-state index contributed by atoms with van der Waals surface area (Å²) in [6, 6.07) is 4.17. The first-order valence-electron chi connectivity index (χ1n) is 7.68. The monoisotopic (exact) mass is 405 g/mol. The van der Waals surface area contributed by atoms with Gasteiger partial charge < -0.3 is 15.2 Å². The average Bonchev–Trinajstić information content (AvgIpc) is 2.65. The van der Waals surface area contributed by atoms with Gasteiger partial charge in [0, 0.05) is 12.4 Å². The maximum absolute atomic E-state index is 13.3. The van der Waals surface area contributed by atoms with Gasteiger partial charge in [0.25, 0.3) is 6.43 Å². The highest BCUT2D eigenvalue weighted by atomic mass is 19.3. The molecule has 0 aliphatic rings. The molecule has 28 heavy (non-hydrogen) atoms. The minimum atomic E-state index is -3.00. The van der Waals surface area contributed by atoms with Gasteiger partial charge in [-0.25, -0.2) is 24.0 Å². The molecule has 0 atom stereocenters.